The van der Waals surface area contributed by atoms with E-state index in [1.165, 1.54) is 4.90 Å². The molecule has 2 heterocycles. The van der Waals surface area contributed by atoms with Gasteiger partial charge in [-0.3, -0.25) is 14.5 Å². The van der Waals surface area contributed by atoms with Gasteiger partial charge in [0.2, 0.25) is 0 Å². The van der Waals surface area contributed by atoms with E-state index in [1.54, 1.807) is 19.3 Å². The number of amides is 1. The minimum Gasteiger partial charge on any atom is -0.497 e. The van der Waals surface area contributed by atoms with E-state index in [0.717, 1.165) is 17.1 Å². The van der Waals surface area contributed by atoms with E-state index in [4.69, 9.17) is 33.7 Å². The highest BCUT2D eigenvalue weighted by Gasteiger charge is 2.32. The third-order valence-corrected chi connectivity index (χ3v) is 5.40. The smallest absolute Gasteiger partial charge is 0.305 e. The van der Waals surface area contributed by atoms with Gasteiger partial charge in [-0.25, -0.2) is 4.98 Å². The Hall–Kier alpha value is -2.16. The van der Waals surface area contributed by atoms with Gasteiger partial charge in [-0.2, -0.15) is 0 Å². The zero-order valence-corrected chi connectivity index (χ0v) is 16.0. The van der Waals surface area contributed by atoms with Crippen molar-refractivity contribution in [2.75, 3.05) is 13.7 Å². The first kappa shape index (κ1) is 18.6. The van der Waals surface area contributed by atoms with E-state index in [-0.39, 0.29) is 24.0 Å². The maximum Gasteiger partial charge on any atom is 0.305 e. The van der Waals surface area contributed by atoms with Gasteiger partial charge in [0.05, 0.1) is 24.0 Å². The van der Waals surface area contributed by atoms with Crippen molar-refractivity contribution in [3.8, 4) is 5.75 Å². The molecule has 1 aromatic carbocycles. The topological polar surface area (TPSA) is 79.7 Å². The van der Waals surface area contributed by atoms with Gasteiger partial charge in [0.25, 0.3) is 5.91 Å². The average Bonchev–Trinajstić information content (AvgIpc) is 2.86. The lowest BCUT2D eigenvalue weighted by molar-refractivity contribution is -0.137. The molecule has 134 valence electrons. The molecule has 1 aliphatic rings. The number of thiocarbonyl (C=S) groups is 1. The first-order chi connectivity index (χ1) is 12.4. The fraction of sp³-hybridized carbons (Fsp3) is 0.176. The SMILES string of the molecule is COc1ccc2cc(/C=C3\SC(=S)N(CCC(=O)O)C3=O)c(Cl)nc2c1. The van der Waals surface area contributed by atoms with Crippen LogP contribution in [0.3, 0.4) is 0 Å². The van der Waals surface area contributed by atoms with Crippen LogP contribution >= 0.6 is 35.6 Å². The van der Waals surface area contributed by atoms with E-state index in [9.17, 15) is 9.59 Å². The summed E-state index contributed by atoms with van der Waals surface area (Å²) in [5, 5.41) is 9.89. The third kappa shape index (κ3) is 3.82. The van der Waals surface area contributed by atoms with Gasteiger partial charge >= 0.3 is 5.97 Å². The van der Waals surface area contributed by atoms with Gasteiger partial charge in [-0.15, -0.1) is 0 Å². The molecule has 0 radical (unpaired) electrons. The minimum atomic E-state index is -0.986. The molecule has 0 saturated carbocycles. The molecule has 1 fully saturated rings. The van der Waals surface area contributed by atoms with Crippen molar-refractivity contribution in [2.45, 2.75) is 6.42 Å². The number of nitrogens with zero attached hydrogens (tertiary/aromatic N) is 2. The number of aliphatic carboxylic acids is 1. The molecule has 9 heteroatoms. The predicted molar refractivity (Wildman–Crippen MR) is 105 cm³/mol. The van der Waals surface area contributed by atoms with E-state index in [2.05, 4.69) is 4.98 Å². The number of fused-ring (bicyclic) bond motifs is 1. The average molecular weight is 409 g/mol. The zero-order valence-electron chi connectivity index (χ0n) is 13.6. The summed E-state index contributed by atoms with van der Waals surface area (Å²) in [6.07, 6.45) is 1.46. The van der Waals surface area contributed by atoms with Crippen LogP contribution in [0.5, 0.6) is 5.75 Å². The Morgan fingerprint density at radius 2 is 2.23 bits per heavy atom. The van der Waals surface area contributed by atoms with Crippen molar-refractivity contribution in [1.29, 1.82) is 0 Å². The molecule has 0 spiro atoms. The second-order valence-electron chi connectivity index (χ2n) is 5.40. The number of carbonyl (C=O) groups excluding carboxylic acids is 1. The number of rotatable bonds is 5. The Labute approximate surface area is 163 Å². The van der Waals surface area contributed by atoms with Crippen molar-refractivity contribution in [3.63, 3.8) is 0 Å². The summed E-state index contributed by atoms with van der Waals surface area (Å²) < 4.78 is 5.50. The monoisotopic (exact) mass is 408 g/mol. The fourth-order valence-electron chi connectivity index (χ4n) is 2.41. The number of pyridine rings is 1. The number of thioether (sulfide) groups is 1. The lowest BCUT2D eigenvalue weighted by atomic mass is 10.1. The molecule has 26 heavy (non-hydrogen) atoms. The Kier molecular flexibility index (Phi) is 5.45. The molecular formula is C17H13ClN2O4S2. The summed E-state index contributed by atoms with van der Waals surface area (Å²) in [6.45, 7) is 0.0425. The standard InChI is InChI=1S/C17H13ClN2O4S2/c1-24-11-3-2-9-6-10(15(18)19-12(9)8-11)7-13-16(23)20(17(25)26-13)5-4-14(21)22/h2-3,6-8H,4-5H2,1H3,(H,21,22)/b13-7-. The van der Waals surface area contributed by atoms with Crippen molar-refractivity contribution in [1.82, 2.24) is 9.88 Å². The number of hydrogen-bond acceptors (Lipinski definition) is 6. The molecular weight excluding hydrogens is 396 g/mol. The van der Waals surface area contributed by atoms with Gasteiger partial charge in [-0.05, 0) is 24.3 Å². The predicted octanol–water partition coefficient (Wildman–Crippen LogP) is 3.57. The molecule has 0 unspecified atom stereocenters. The van der Waals surface area contributed by atoms with Gasteiger partial charge in [0.15, 0.2) is 0 Å². The third-order valence-electron chi connectivity index (χ3n) is 3.71. The Morgan fingerprint density at radius 3 is 2.92 bits per heavy atom. The molecule has 1 N–H and O–H groups in total. The Morgan fingerprint density at radius 1 is 1.46 bits per heavy atom. The van der Waals surface area contributed by atoms with E-state index < -0.39 is 5.97 Å². The summed E-state index contributed by atoms with van der Waals surface area (Å²) in [4.78, 5) is 29.2. The first-order valence-corrected chi connectivity index (χ1v) is 9.11. The van der Waals surface area contributed by atoms with Crippen LogP contribution in [-0.4, -0.2) is 44.8 Å². The second-order valence-corrected chi connectivity index (χ2v) is 7.44. The molecule has 1 saturated heterocycles. The van der Waals surface area contributed by atoms with Crippen molar-refractivity contribution in [2.24, 2.45) is 0 Å². The van der Waals surface area contributed by atoms with Crippen LogP contribution < -0.4 is 4.74 Å². The van der Waals surface area contributed by atoms with Crippen LogP contribution in [0.15, 0.2) is 29.2 Å². The summed E-state index contributed by atoms with van der Waals surface area (Å²) in [7, 11) is 1.57. The molecule has 6 nitrogen and oxygen atoms in total. The number of methoxy groups -OCH3 is 1. The lowest BCUT2D eigenvalue weighted by Crippen LogP contribution is -2.30. The second kappa shape index (κ2) is 7.61. The van der Waals surface area contributed by atoms with Gasteiger partial charge in [0, 0.05) is 23.6 Å². The van der Waals surface area contributed by atoms with Crippen LogP contribution in [0.4, 0.5) is 0 Å². The molecule has 1 aromatic heterocycles. The number of hydrogen-bond donors (Lipinski definition) is 1. The van der Waals surface area contributed by atoms with E-state index in [0.29, 0.717) is 26.1 Å². The summed E-state index contributed by atoms with van der Waals surface area (Å²) in [5.41, 5.74) is 1.27. The normalized spacial score (nSPS) is 15.9. The summed E-state index contributed by atoms with van der Waals surface area (Å²) in [5.74, 6) is -0.638. The number of halogens is 1. The molecule has 3 rings (SSSR count). The molecule has 0 atom stereocenters. The Balaban J connectivity index is 1.92. The quantitative estimate of drug-likeness (QED) is 0.460. The summed E-state index contributed by atoms with van der Waals surface area (Å²) >= 11 is 12.5. The van der Waals surface area contributed by atoms with Crippen LogP contribution in [0.2, 0.25) is 5.15 Å². The van der Waals surface area contributed by atoms with Crippen LogP contribution in [0.25, 0.3) is 17.0 Å². The summed E-state index contributed by atoms with van der Waals surface area (Å²) in [6, 6.07) is 7.27. The van der Waals surface area contributed by atoms with Crippen LogP contribution in [-0.2, 0) is 9.59 Å². The van der Waals surface area contributed by atoms with Crippen molar-refractivity contribution < 1.29 is 19.4 Å². The van der Waals surface area contributed by atoms with Crippen molar-refractivity contribution >= 4 is 68.8 Å². The van der Waals surface area contributed by atoms with Gasteiger partial charge in [-0.1, -0.05) is 35.6 Å². The molecule has 1 amide bonds. The van der Waals surface area contributed by atoms with Crippen LogP contribution in [0, 0.1) is 0 Å². The van der Waals surface area contributed by atoms with Gasteiger partial charge < -0.3 is 9.84 Å². The van der Waals surface area contributed by atoms with E-state index >= 15 is 0 Å². The minimum absolute atomic E-state index is 0.0425. The number of benzene rings is 1. The zero-order chi connectivity index (χ0) is 18.8. The number of ether oxygens (including phenoxy) is 1. The lowest BCUT2D eigenvalue weighted by Gasteiger charge is -2.12. The first-order valence-electron chi connectivity index (χ1n) is 7.50. The Bertz CT molecular complexity index is 961. The highest BCUT2D eigenvalue weighted by molar-refractivity contribution is 8.26. The number of carbonyl (C=O) groups is 2. The highest BCUT2D eigenvalue weighted by atomic mass is 35.5. The van der Waals surface area contributed by atoms with Crippen LogP contribution in [0.1, 0.15) is 12.0 Å². The van der Waals surface area contributed by atoms with Gasteiger partial charge in [0.1, 0.15) is 15.2 Å². The molecule has 0 bridgehead atoms. The fourth-order valence-corrected chi connectivity index (χ4v) is 3.91. The molecule has 2 aromatic rings. The molecule has 1 aliphatic heterocycles. The number of carboxylic acids is 1. The largest absolute Gasteiger partial charge is 0.497 e. The number of carboxylic acid groups (broad SMARTS) is 1. The maximum atomic E-state index is 12.5. The van der Waals surface area contributed by atoms with E-state index in [1.807, 2.05) is 18.2 Å². The van der Waals surface area contributed by atoms with Crippen molar-refractivity contribution in [3.05, 3.63) is 39.9 Å². The maximum absolute atomic E-state index is 12.5. The number of aromatic nitrogens is 1. The highest BCUT2D eigenvalue weighted by Crippen LogP contribution is 2.34. The molecule has 0 aliphatic carbocycles.